The van der Waals surface area contributed by atoms with Gasteiger partial charge in [0.15, 0.2) is 5.52 Å². The molecule has 0 radical (unpaired) electrons. The van der Waals surface area contributed by atoms with Gasteiger partial charge in [0.1, 0.15) is 5.76 Å². The van der Waals surface area contributed by atoms with Crippen LogP contribution in [0.25, 0.3) is 10.9 Å². The van der Waals surface area contributed by atoms with Crippen molar-refractivity contribution in [1.29, 1.82) is 0 Å². The van der Waals surface area contributed by atoms with Gasteiger partial charge >= 0.3 is 0 Å². The molecule has 3 aromatic rings. The minimum absolute atomic E-state index is 0.0951. The molecule has 30 heavy (non-hydrogen) atoms. The van der Waals surface area contributed by atoms with Crippen molar-refractivity contribution in [2.75, 3.05) is 13.1 Å². The van der Waals surface area contributed by atoms with Gasteiger partial charge < -0.3 is 9.84 Å². The van der Waals surface area contributed by atoms with E-state index in [1.54, 1.807) is 6.92 Å². The first kappa shape index (κ1) is 20.3. The number of carbonyl (C=O) groups excluding carboxylic acids is 1. The van der Waals surface area contributed by atoms with Crippen LogP contribution in [0.15, 0.2) is 39.6 Å². The summed E-state index contributed by atoms with van der Waals surface area (Å²) < 4.78 is 6.62. The number of hydrogen-bond donors (Lipinski definition) is 1. The molecule has 1 fully saturated rings. The number of fused-ring (bicyclic) bond motifs is 1. The maximum absolute atomic E-state index is 12.7. The second kappa shape index (κ2) is 8.79. The Morgan fingerprint density at radius 1 is 1.20 bits per heavy atom. The Morgan fingerprint density at radius 2 is 1.93 bits per heavy atom. The smallest absolute Gasteiger partial charge is 0.298 e. The molecule has 0 bridgehead atoms. The molecule has 1 N–H and O–H groups in total. The number of amides is 1. The molecule has 1 aliphatic rings. The third kappa shape index (κ3) is 4.43. The molecule has 0 aliphatic carbocycles. The van der Waals surface area contributed by atoms with Crippen molar-refractivity contribution in [3.63, 3.8) is 0 Å². The molecule has 0 unspecified atom stereocenters. The Balaban J connectivity index is 1.29. The number of benzene rings is 1. The van der Waals surface area contributed by atoms with Gasteiger partial charge in [0.2, 0.25) is 5.91 Å². The number of nitrogens with zero attached hydrogens (tertiary/aromatic N) is 4. The number of likely N-dealkylation sites (tertiary alicyclic amines) is 1. The number of carbonyl (C=O) groups is 1. The first-order valence-electron chi connectivity index (χ1n) is 10.4. The van der Waals surface area contributed by atoms with Crippen LogP contribution in [0, 0.1) is 13.8 Å². The number of piperidine rings is 1. The van der Waals surface area contributed by atoms with Gasteiger partial charge in [0.25, 0.3) is 5.56 Å². The number of rotatable bonds is 6. The summed E-state index contributed by atoms with van der Waals surface area (Å²) in [7, 11) is 0. The lowest BCUT2D eigenvalue weighted by Crippen LogP contribution is -2.46. The van der Waals surface area contributed by atoms with Crippen molar-refractivity contribution in [3.8, 4) is 0 Å². The molecule has 1 aliphatic heterocycles. The van der Waals surface area contributed by atoms with E-state index in [1.807, 2.05) is 37.3 Å². The predicted octanol–water partition coefficient (Wildman–Crippen LogP) is 2.17. The van der Waals surface area contributed by atoms with E-state index in [9.17, 15) is 9.59 Å². The van der Waals surface area contributed by atoms with Crippen LogP contribution in [0.5, 0.6) is 0 Å². The average molecular weight is 409 g/mol. The van der Waals surface area contributed by atoms with Crippen molar-refractivity contribution in [1.82, 2.24) is 25.2 Å². The second-order valence-corrected chi connectivity index (χ2v) is 7.94. The monoisotopic (exact) mass is 409 g/mol. The van der Waals surface area contributed by atoms with E-state index in [1.165, 1.54) is 10.2 Å². The van der Waals surface area contributed by atoms with Crippen molar-refractivity contribution in [3.05, 3.63) is 57.7 Å². The van der Waals surface area contributed by atoms with Crippen LogP contribution in [0.4, 0.5) is 0 Å². The standard InChI is InChI=1S/C22H27N5O3/c1-15-20-16(2)30-25-21(20)22(29)27(24-15)14-26-12-10-18(11-13-26)23-19(28)9-8-17-6-4-3-5-7-17/h3-7,18H,8-14H2,1-2H3,(H,23,28). The van der Waals surface area contributed by atoms with E-state index in [0.29, 0.717) is 29.8 Å². The zero-order chi connectivity index (χ0) is 21.1. The fraction of sp³-hybridized carbons (Fsp3) is 0.455. The van der Waals surface area contributed by atoms with Crippen molar-refractivity contribution < 1.29 is 9.32 Å². The van der Waals surface area contributed by atoms with Gasteiger partial charge in [-0.15, -0.1) is 0 Å². The van der Waals surface area contributed by atoms with Crippen LogP contribution in [0.3, 0.4) is 0 Å². The lowest BCUT2D eigenvalue weighted by Gasteiger charge is -2.32. The molecule has 3 heterocycles. The first-order valence-corrected chi connectivity index (χ1v) is 10.4. The summed E-state index contributed by atoms with van der Waals surface area (Å²) >= 11 is 0. The van der Waals surface area contributed by atoms with Crippen LogP contribution in [-0.2, 0) is 17.9 Å². The Morgan fingerprint density at radius 3 is 2.67 bits per heavy atom. The Kier molecular flexibility index (Phi) is 5.94. The van der Waals surface area contributed by atoms with E-state index in [2.05, 4.69) is 20.5 Å². The van der Waals surface area contributed by atoms with Gasteiger partial charge in [-0.2, -0.15) is 5.10 Å². The summed E-state index contributed by atoms with van der Waals surface area (Å²) in [4.78, 5) is 27.1. The zero-order valence-corrected chi connectivity index (χ0v) is 17.4. The van der Waals surface area contributed by atoms with Gasteiger partial charge in [-0.05, 0) is 38.7 Å². The highest BCUT2D eigenvalue weighted by molar-refractivity contribution is 5.81. The fourth-order valence-electron chi connectivity index (χ4n) is 4.05. The number of aromatic nitrogens is 3. The topological polar surface area (TPSA) is 93.3 Å². The normalized spacial score (nSPS) is 15.5. The molecule has 4 rings (SSSR count). The maximum atomic E-state index is 12.7. The Hall–Kier alpha value is -3.00. The molecule has 1 amide bonds. The van der Waals surface area contributed by atoms with Crippen molar-refractivity contribution >= 4 is 16.8 Å². The predicted molar refractivity (Wildman–Crippen MR) is 113 cm³/mol. The van der Waals surface area contributed by atoms with Crippen LogP contribution in [0.1, 0.15) is 36.3 Å². The summed E-state index contributed by atoms with van der Waals surface area (Å²) in [6.45, 7) is 5.65. The van der Waals surface area contributed by atoms with Gasteiger partial charge in [0, 0.05) is 25.6 Å². The van der Waals surface area contributed by atoms with E-state index < -0.39 is 0 Å². The highest BCUT2D eigenvalue weighted by Gasteiger charge is 2.22. The SMILES string of the molecule is Cc1nn(CN2CCC(NC(=O)CCc3ccccc3)CC2)c(=O)c2noc(C)c12. The summed E-state index contributed by atoms with van der Waals surface area (Å²) in [6.07, 6.45) is 2.97. The summed E-state index contributed by atoms with van der Waals surface area (Å²) in [6, 6.07) is 10.2. The number of aryl methyl sites for hydroxylation is 3. The van der Waals surface area contributed by atoms with Crippen LogP contribution < -0.4 is 10.9 Å². The Bertz CT molecular complexity index is 1080. The third-order valence-electron chi connectivity index (χ3n) is 5.70. The fourth-order valence-corrected chi connectivity index (χ4v) is 4.05. The lowest BCUT2D eigenvalue weighted by atomic mass is 10.0. The Labute approximate surface area is 174 Å². The number of hydrogen-bond acceptors (Lipinski definition) is 6. The van der Waals surface area contributed by atoms with Gasteiger partial charge in [-0.25, -0.2) is 4.68 Å². The van der Waals surface area contributed by atoms with Gasteiger partial charge in [-0.3, -0.25) is 14.5 Å². The molecule has 1 saturated heterocycles. The van der Waals surface area contributed by atoms with Gasteiger partial charge in [0.05, 0.1) is 17.7 Å². The molecule has 8 nitrogen and oxygen atoms in total. The van der Waals surface area contributed by atoms with Crippen LogP contribution >= 0.6 is 0 Å². The minimum atomic E-state index is -0.233. The highest BCUT2D eigenvalue weighted by Crippen LogP contribution is 2.17. The van der Waals surface area contributed by atoms with Crippen molar-refractivity contribution in [2.45, 2.75) is 52.2 Å². The van der Waals surface area contributed by atoms with E-state index in [4.69, 9.17) is 4.52 Å². The van der Waals surface area contributed by atoms with Crippen LogP contribution in [-0.4, -0.2) is 44.9 Å². The zero-order valence-electron chi connectivity index (χ0n) is 17.4. The van der Waals surface area contributed by atoms with Gasteiger partial charge in [-0.1, -0.05) is 35.5 Å². The van der Waals surface area contributed by atoms with E-state index in [-0.39, 0.29) is 17.5 Å². The molecular weight excluding hydrogens is 382 g/mol. The average Bonchev–Trinajstić information content (AvgIpc) is 3.15. The molecule has 0 saturated carbocycles. The number of nitrogens with one attached hydrogen (secondary N) is 1. The summed E-state index contributed by atoms with van der Waals surface area (Å²) in [5, 5.41) is 12.2. The molecule has 158 valence electrons. The van der Waals surface area contributed by atoms with E-state index in [0.717, 1.165) is 38.0 Å². The maximum Gasteiger partial charge on any atom is 0.298 e. The molecule has 2 aromatic heterocycles. The summed E-state index contributed by atoms with van der Waals surface area (Å²) in [5.74, 6) is 0.709. The third-order valence-corrected chi connectivity index (χ3v) is 5.70. The molecule has 0 atom stereocenters. The van der Waals surface area contributed by atoms with Crippen LogP contribution in [0.2, 0.25) is 0 Å². The largest absolute Gasteiger partial charge is 0.360 e. The molecule has 8 heteroatoms. The highest BCUT2D eigenvalue weighted by atomic mass is 16.5. The molecule has 1 aromatic carbocycles. The molecule has 0 spiro atoms. The van der Waals surface area contributed by atoms with Crippen molar-refractivity contribution in [2.24, 2.45) is 0 Å². The van der Waals surface area contributed by atoms with E-state index >= 15 is 0 Å². The summed E-state index contributed by atoms with van der Waals surface area (Å²) in [5.41, 5.74) is 2.02. The minimum Gasteiger partial charge on any atom is -0.360 e. The lowest BCUT2D eigenvalue weighted by molar-refractivity contribution is -0.122. The second-order valence-electron chi connectivity index (χ2n) is 7.94. The first-order chi connectivity index (χ1) is 14.5. The quantitative estimate of drug-likeness (QED) is 0.671. The molecular formula is C22H27N5O3.